The molecule has 0 saturated carbocycles. The Labute approximate surface area is 95.3 Å². The second-order valence-electron chi connectivity index (χ2n) is 5.33. The molecule has 1 fully saturated rings. The van der Waals surface area contributed by atoms with Gasteiger partial charge >= 0.3 is 0 Å². The van der Waals surface area contributed by atoms with Crippen LogP contribution in [0.1, 0.15) is 34.1 Å². The maximum atomic E-state index is 12.0. The van der Waals surface area contributed by atoms with Crippen molar-refractivity contribution in [3.05, 3.63) is 0 Å². The van der Waals surface area contributed by atoms with Crippen LogP contribution in [0.4, 0.5) is 0 Å². The maximum Gasteiger partial charge on any atom is 0.136 e. The lowest BCUT2D eigenvalue weighted by Crippen LogP contribution is -2.64. The molecule has 0 bridgehead atoms. The van der Waals surface area contributed by atoms with Crippen molar-refractivity contribution in [3.8, 4) is 0 Å². The van der Waals surface area contributed by atoms with Gasteiger partial charge in [0, 0.05) is 18.0 Å². The Balaban J connectivity index is 2.62. The highest BCUT2D eigenvalue weighted by atomic mass is 32.2. The molecule has 0 spiro atoms. The summed E-state index contributed by atoms with van der Waals surface area (Å²) in [5, 5.41) is 0. The first-order chi connectivity index (χ1) is 6.76. The summed E-state index contributed by atoms with van der Waals surface area (Å²) in [6.45, 7) is 9.08. The molecule has 4 nitrogen and oxygen atoms in total. The average Bonchev–Trinajstić information content (AvgIpc) is 2.09. The summed E-state index contributed by atoms with van der Waals surface area (Å²) in [4.78, 5) is 0. The summed E-state index contributed by atoms with van der Waals surface area (Å²) in [6.07, 6.45) is 0.802. The van der Waals surface area contributed by atoms with Gasteiger partial charge in [-0.25, -0.2) is 0 Å². The lowest BCUT2D eigenvalue weighted by atomic mass is 9.89. The molecule has 1 rings (SSSR count). The van der Waals surface area contributed by atoms with Crippen LogP contribution in [0.15, 0.2) is 0 Å². The number of nitrogens with two attached hydrogens (primary N) is 1. The van der Waals surface area contributed by atoms with Crippen LogP contribution in [0.2, 0.25) is 0 Å². The number of hydrogen-bond acceptors (Lipinski definition) is 4. The lowest BCUT2D eigenvalue weighted by molar-refractivity contribution is 0.0356. The Bertz CT molecular complexity index is 220. The van der Waals surface area contributed by atoms with Gasteiger partial charge in [-0.05, 0) is 34.1 Å². The van der Waals surface area contributed by atoms with E-state index in [2.05, 4.69) is 4.72 Å². The molecule has 0 aromatic rings. The first kappa shape index (κ1) is 13.3. The third kappa shape index (κ3) is 3.32. The summed E-state index contributed by atoms with van der Waals surface area (Å²) in [5.74, 6) is 0. The molecule has 90 valence electrons. The lowest BCUT2D eigenvalue weighted by Gasteiger charge is -2.41. The van der Waals surface area contributed by atoms with Gasteiger partial charge in [0.15, 0.2) is 0 Å². The Kier molecular flexibility index (Phi) is 4.06. The largest absolute Gasteiger partial charge is 0.598 e. The fourth-order valence-corrected chi connectivity index (χ4v) is 2.34. The van der Waals surface area contributed by atoms with Crippen LogP contribution < -0.4 is 10.5 Å². The molecule has 1 aliphatic heterocycles. The molecular weight excluding hydrogens is 212 g/mol. The summed E-state index contributed by atoms with van der Waals surface area (Å²) in [5.41, 5.74) is 5.70. The van der Waals surface area contributed by atoms with Crippen LogP contribution in [0.3, 0.4) is 0 Å². The van der Waals surface area contributed by atoms with Crippen LogP contribution >= 0.6 is 0 Å². The van der Waals surface area contributed by atoms with Crippen LogP contribution in [0, 0.1) is 0 Å². The van der Waals surface area contributed by atoms with Crippen molar-refractivity contribution in [1.82, 2.24) is 4.72 Å². The van der Waals surface area contributed by atoms with Gasteiger partial charge in [-0.15, -0.1) is 4.72 Å². The smallest absolute Gasteiger partial charge is 0.136 e. The van der Waals surface area contributed by atoms with Crippen molar-refractivity contribution in [2.45, 2.75) is 50.4 Å². The molecule has 0 unspecified atom stereocenters. The predicted octanol–water partition coefficient (Wildman–Crippen LogP) is 0.545. The first-order valence-corrected chi connectivity index (χ1v) is 6.44. The number of rotatable bonds is 2. The molecule has 15 heavy (non-hydrogen) atoms. The van der Waals surface area contributed by atoms with Gasteiger partial charge < -0.3 is 15.0 Å². The molecule has 0 amide bonds. The van der Waals surface area contributed by atoms with Gasteiger partial charge in [0.25, 0.3) is 0 Å². The van der Waals surface area contributed by atoms with Gasteiger partial charge in [-0.3, -0.25) is 0 Å². The standard InChI is InChI=1S/C10H22N2O2S/c1-9(2,3)15(13)12-10(4)5-6-14-7-8(10)11/h8,12H,5-7,11H2,1-4H3/t8-,10+,15+/m0/s1. The summed E-state index contributed by atoms with van der Waals surface area (Å²) in [6, 6.07) is -0.0995. The number of hydrogen-bond donors (Lipinski definition) is 2. The first-order valence-electron chi connectivity index (χ1n) is 5.29. The topological polar surface area (TPSA) is 70.3 Å². The fourth-order valence-electron chi connectivity index (χ4n) is 1.36. The molecule has 1 saturated heterocycles. The molecule has 0 radical (unpaired) electrons. The SMILES string of the molecule is CC(C)(C)[S@@+]([O-])N[C@]1(C)CCOC[C@@H]1N. The molecular formula is C10H22N2O2S. The van der Waals surface area contributed by atoms with E-state index in [4.69, 9.17) is 10.5 Å². The van der Waals surface area contributed by atoms with E-state index in [-0.39, 0.29) is 16.3 Å². The van der Waals surface area contributed by atoms with E-state index in [0.717, 1.165) is 6.42 Å². The normalized spacial score (nSPS) is 35.2. The summed E-state index contributed by atoms with van der Waals surface area (Å²) in [7, 11) is 0. The second kappa shape index (κ2) is 4.59. The van der Waals surface area contributed by atoms with Crippen molar-refractivity contribution in [2.75, 3.05) is 13.2 Å². The zero-order valence-electron chi connectivity index (χ0n) is 10.0. The second-order valence-corrected chi connectivity index (χ2v) is 7.30. The third-order valence-electron chi connectivity index (χ3n) is 2.76. The van der Waals surface area contributed by atoms with Gasteiger partial charge in [-0.1, -0.05) is 0 Å². The van der Waals surface area contributed by atoms with Crippen molar-refractivity contribution >= 4 is 11.4 Å². The number of nitrogens with one attached hydrogen (secondary N) is 1. The van der Waals surface area contributed by atoms with Crippen LogP contribution in [0.25, 0.3) is 0 Å². The highest BCUT2D eigenvalue weighted by Gasteiger charge is 2.41. The van der Waals surface area contributed by atoms with Crippen LogP contribution in [0.5, 0.6) is 0 Å². The minimum atomic E-state index is -1.08. The summed E-state index contributed by atoms with van der Waals surface area (Å²) < 4.78 is 20.2. The van der Waals surface area contributed by atoms with E-state index >= 15 is 0 Å². The molecule has 0 aromatic carbocycles. The highest BCUT2D eigenvalue weighted by molar-refractivity contribution is 7.90. The van der Waals surface area contributed by atoms with E-state index in [0.29, 0.717) is 13.2 Å². The summed E-state index contributed by atoms with van der Waals surface area (Å²) >= 11 is -1.08. The van der Waals surface area contributed by atoms with E-state index < -0.39 is 11.4 Å². The zero-order chi connectivity index (χ0) is 11.7. The van der Waals surface area contributed by atoms with E-state index in [1.165, 1.54) is 0 Å². The Hall–Kier alpha value is 0.190. The molecule has 0 aliphatic carbocycles. The quantitative estimate of drug-likeness (QED) is 0.684. The third-order valence-corrected chi connectivity index (χ3v) is 4.53. The Morgan fingerprint density at radius 1 is 1.53 bits per heavy atom. The molecule has 1 heterocycles. The molecule has 5 heteroatoms. The van der Waals surface area contributed by atoms with Gasteiger partial charge in [0.05, 0.1) is 18.2 Å². The minimum Gasteiger partial charge on any atom is -0.598 e. The minimum absolute atomic E-state index is 0.0995. The monoisotopic (exact) mass is 234 g/mol. The average molecular weight is 234 g/mol. The number of ether oxygens (including phenoxy) is 1. The van der Waals surface area contributed by atoms with Gasteiger partial charge in [-0.2, -0.15) is 0 Å². The van der Waals surface area contributed by atoms with Crippen LogP contribution in [-0.4, -0.2) is 34.1 Å². The highest BCUT2D eigenvalue weighted by Crippen LogP contribution is 2.24. The van der Waals surface area contributed by atoms with E-state index in [9.17, 15) is 4.55 Å². The van der Waals surface area contributed by atoms with Crippen molar-refractivity contribution in [2.24, 2.45) is 5.73 Å². The van der Waals surface area contributed by atoms with Gasteiger partial charge in [0.1, 0.15) is 4.75 Å². The van der Waals surface area contributed by atoms with E-state index in [1.54, 1.807) is 0 Å². The molecule has 3 N–H and O–H groups in total. The predicted molar refractivity (Wildman–Crippen MR) is 62.8 cm³/mol. The van der Waals surface area contributed by atoms with Gasteiger partial charge in [0.2, 0.25) is 0 Å². The maximum absolute atomic E-state index is 12.0. The molecule has 3 atom stereocenters. The van der Waals surface area contributed by atoms with Crippen molar-refractivity contribution in [1.29, 1.82) is 0 Å². The zero-order valence-corrected chi connectivity index (χ0v) is 10.8. The van der Waals surface area contributed by atoms with Crippen molar-refractivity contribution in [3.63, 3.8) is 0 Å². The molecule has 1 aliphatic rings. The van der Waals surface area contributed by atoms with E-state index in [1.807, 2.05) is 27.7 Å². The van der Waals surface area contributed by atoms with Crippen LogP contribution in [-0.2, 0) is 16.1 Å². The Morgan fingerprint density at radius 2 is 2.13 bits per heavy atom. The van der Waals surface area contributed by atoms with Crippen molar-refractivity contribution < 1.29 is 9.29 Å². The molecule has 0 aromatic heterocycles. The fraction of sp³-hybridized carbons (Fsp3) is 1.00. The Morgan fingerprint density at radius 3 is 2.60 bits per heavy atom.